The fraction of sp³-hybridized carbons (Fsp3) is 0.500. The molecule has 1 spiro atoms. The highest BCUT2D eigenvalue weighted by molar-refractivity contribution is 5.97. The lowest BCUT2D eigenvalue weighted by molar-refractivity contribution is -0.143. The first-order valence-corrected chi connectivity index (χ1v) is 7.49. The molecule has 0 aromatic heterocycles. The number of halogens is 1. The standard InChI is InChI=1S/C16H18FNO4/c17-12-6-4-11(5-7-12)14(19)18-13(15(20)21)10-22-16(18)8-2-1-3-9-16/h4-7,13H,1-3,8-10H2,(H,20,21)/t13-/m1/s1. The lowest BCUT2D eigenvalue weighted by Gasteiger charge is -2.41. The maximum absolute atomic E-state index is 13.0. The predicted octanol–water partition coefficient (Wildman–Crippen LogP) is 2.41. The second kappa shape index (κ2) is 5.68. The molecule has 1 N–H and O–H groups in total. The van der Waals surface area contributed by atoms with Crippen LogP contribution >= 0.6 is 0 Å². The number of aliphatic carboxylic acids is 1. The molecule has 1 saturated carbocycles. The Morgan fingerprint density at radius 2 is 1.82 bits per heavy atom. The van der Waals surface area contributed by atoms with Gasteiger partial charge in [-0.1, -0.05) is 6.42 Å². The van der Waals surface area contributed by atoms with Gasteiger partial charge in [-0.25, -0.2) is 9.18 Å². The van der Waals surface area contributed by atoms with E-state index in [1.807, 2.05) is 0 Å². The summed E-state index contributed by atoms with van der Waals surface area (Å²) in [7, 11) is 0. The van der Waals surface area contributed by atoms with E-state index in [9.17, 15) is 19.1 Å². The van der Waals surface area contributed by atoms with Gasteiger partial charge in [0.05, 0.1) is 6.61 Å². The average molecular weight is 307 g/mol. The van der Waals surface area contributed by atoms with E-state index < -0.39 is 29.5 Å². The number of carboxylic acid groups (broad SMARTS) is 1. The third-order valence-corrected chi connectivity index (χ3v) is 4.49. The van der Waals surface area contributed by atoms with E-state index in [2.05, 4.69) is 0 Å². The van der Waals surface area contributed by atoms with E-state index in [-0.39, 0.29) is 12.2 Å². The predicted molar refractivity (Wildman–Crippen MR) is 75.8 cm³/mol. The lowest BCUT2D eigenvalue weighted by Crippen LogP contribution is -2.54. The van der Waals surface area contributed by atoms with Crippen LogP contribution in [0.15, 0.2) is 24.3 Å². The Balaban J connectivity index is 1.95. The van der Waals surface area contributed by atoms with Crippen LogP contribution in [-0.4, -0.2) is 40.3 Å². The van der Waals surface area contributed by atoms with Crippen LogP contribution in [0.4, 0.5) is 4.39 Å². The maximum atomic E-state index is 13.0. The zero-order valence-electron chi connectivity index (χ0n) is 12.1. The summed E-state index contributed by atoms with van der Waals surface area (Å²) >= 11 is 0. The molecule has 0 unspecified atom stereocenters. The van der Waals surface area contributed by atoms with Crippen LogP contribution in [0.2, 0.25) is 0 Å². The van der Waals surface area contributed by atoms with Gasteiger partial charge in [-0.05, 0) is 49.9 Å². The molecule has 1 aromatic carbocycles. The Kier molecular flexibility index (Phi) is 3.87. The summed E-state index contributed by atoms with van der Waals surface area (Å²) in [5.74, 6) is -1.92. The Hall–Kier alpha value is -1.95. The van der Waals surface area contributed by atoms with E-state index in [1.54, 1.807) is 0 Å². The van der Waals surface area contributed by atoms with Gasteiger partial charge in [-0.2, -0.15) is 0 Å². The molecule has 1 saturated heterocycles. The second-order valence-electron chi connectivity index (χ2n) is 5.85. The van der Waals surface area contributed by atoms with Crippen molar-refractivity contribution in [1.82, 2.24) is 4.90 Å². The largest absolute Gasteiger partial charge is 0.480 e. The molecular formula is C16H18FNO4. The first-order valence-electron chi connectivity index (χ1n) is 7.49. The van der Waals surface area contributed by atoms with Gasteiger partial charge in [-0.15, -0.1) is 0 Å². The number of carboxylic acids is 1. The van der Waals surface area contributed by atoms with Gasteiger partial charge in [0.1, 0.15) is 11.5 Å². The first kappa shape index (κ1) is 15.0. The van der Waals surface area contributed by atoms with Gasteiger partial charge in [0.2, 0.25) is 0 Å². The topological polar surface area (TPSA) is 66.8 Å². The summed E-state index contributed by atoms with van der Waals surface area (Å²) in [5, 5.41) is 9.40. The van der Waals surface area contributed by atoms with Crippen LogP contribution in [0.3, 0.4) is 0 Å². The van der Waals surface area contributed by atoms with Gasteiger partial charge in [0, 0.05) is 5.56 Å². The molecule has 1 atom stereocenters. The molecule has 1 heterocycles. The minimum Gasteiger partial charge on any atom is -0.480 e. The van der Waals surface area contributed by atoms with Gasteiger partial charge in [0.25, 0.3) is 5.91 Å². The molecule has 5 nitrogen and oxygen atoms in total. The molecule has 22 heavy (non-hydrogen) atoms. The quantitative estimate of drug-likeness (QED) is 0.911. The summed E-state index contributed by atoms with van der Waals surface area (Å²) in [5.41, 5.74) is -0.546. The molecule has 0 radical (unpaired) electrons. The van der Waals surface area contributed by atoms with Crippen molar-refractivity contribution < 1.29 is 23.8 Å². The van der Waals surface area contributed by atoms with E-state index in [0.29, 0.717) is 12.8 Å². The van der Waals surface area contributed by atoms with Crippen molar-refractivity contribution in [3.05, 3.63) is 35.6 Å². The SMILES string of the molecule is O=C(O)[C@H]1COC2(CCCCC2)N1C(=O)c1ccc(F)cc1. The molecule has 1 aliphatic heterocycles. The van der Waals surface area contributed by atoms with E-state index in [1.165, 1.54) is 29.2 Å². The lowest BCUT2D eigenvalue weighted by atomic mass is 9.89. The second-order valence-corrected chi connectivity index (χ2v) is 5.85. The normalized spacial score (nSPS) is 23.7. The van der Waals surface area contributed by atoms with Crippen LogP contribution in [0.5, 0.6) is 0 Å². The highest BCUT2D eigenvalue weighted by Crippen LogP contribution is 2.41. The van der Waals surface area contributed by atoms with Crippen LogP contribution < -0.4 is 0 Å². The Morgan fingerprint density at radius 3 is 2.41 bits per heavy atom. The number of ether oxygens (including phenoxy) is 1. The van der Waals surface area contributed by atoms with Crippen LogP contribution in [0.25, 0.3) is 0 Å². The molecule has 6 heteroatoms. The number of hydrogen-bond acceptors (Lipinski definition) is 3. The Morgan fingerprint density at radius 1 is 1.18 bits per heavy atom. The fourth-order valence-electron chi connectivity index (χ4n) is 3.39. The number of nitrogens with zero attached hydrogens (tertiary/aromatic N) is 1. The monoisotopic (exact) mass is 307 g/mol. The summed E-state index contributed by atoms with van der Waals surface area (Å²) in [6.45, 7) is 0.00225. The third-order valence-electron chi connectivity index (χ3n) is 4.49. The zero-order valence-corrected chi connectivity index (χ0v) is 12.1. The Labute approximate surface area is 127 Å². The first-order chi connectivity index (χ1) is 10.5. The van der Waals surface area contributed by atoms with Crippen molar-refractivity contribution in [2.24, 2.45) is 0 Å². The molecule has 3 rings (SSSR count). The van der Waals surface area contributed by atoms with Gasteiger partial charge >= 0.3 is 5.97 Å². The smallest absolute Gasteiger partial charge is 0.328 e. The average Bonchev–Trinajstić information content (AvgIpc) is 2.87. The van der Waals surface area contributed by atoms with Gasteiger partial charge in [-0.3, -0.25) is 9.69 Å². The zero-order chi connectivity index (χ0) is 15.7. The van der Waals surface area contributed by atoms with Crippen molar-refractivity contribution >= 4 is 11.9 Å². The number of rotatable bonds is 2. The van der Waals surface area contributed by atoms with Crippen LogP contribution in [0, 0.1) is 5.82 Å². The maximum Gasteiger partial charge on any atom is 0.328 e. The Bertz CT molecular complexity index is 580. The van der Waals surface area contributed by atoms with E-state index >= 15 is 0 Å². The number of carbonyl (C=O) groups excluding carboxylic acids is 1. The van der Waals surface area contributed by atoms with Crippen molar-refractivity contribution in [2.75, 3.05) is 6.61 Å². The highest BCUT2D eigenvalue weighted by atomic mass is 19.1. The molecule has 2 aliphatic rings. The van der Waals surface area contributed by atoms with Gasteiger partial charge in [0.15, 0.2) is 6.04 Å². The van der Waals surface area contributed by atoms with Crippen LogP contribution in [0.1, 0.15) is 42.5 Å². The fourth-order valence-corrected chi connectivity index (χ4v) is 3.39. The molecule has 2 fully saturated rings. The molecule has 0 bridgehead atoms. The molecule has 118 valence electrons. The third kappa shape index (κ3) is 2.47. The van der Waals surface area contributed by atoms with E-state index in [4.69, 9.17) is 4.74 Å². The summed E-state index contributed by atoms with van der Waals surface area (Å²) in [6, 6.07) is 4.17. The molecular weight excluding hydrogens is 289 g/mol. The number of carbonyl (C=O) groups is 2. The number of benzene rings is 1. The van der Waals surface area contributed by atoms with Gasteiger partial charge < -0.3 is 9.84 Å². The minimum absolute atomic E-state index is 0.00225. The van der Waals surface area contributed by atoms with Crippen LogP contribution in [-0.2, 0) is 9.53 Å². The minimum atomic E-state index is -1.07. The number of amides is 1. The molecule has 1 aliphatic carbocycles. The highest BCUT2D eigenvalue weighted by Gasteiger charge is 2.53. The summed E-state index contributed by atoms with van der Waals surface area (Å²) in [6.07, 6.45) is 4.15. The van der Waals surface area contributed by atoms with Crippen molar-refractivity contribution in [3.8, 4) is 0 Å². The molecule has 1 amide bonds. The summed E-state index contributed by atoms with van der Waals surface area (Å²) < 4.78 is 18.8. The molecule has 1 aromatic rings. The number of hydrogen-bond donors (Lipinski definition) is 1. The van der Waals surface area contributed by atoms with Crippen molar-refractivity contribution in [2.45, 2.75) is 43.9 Å². The summed E-state index contributed by atoms with van der Waals surface area (Å²) in [4.78, 5) is 25.7. The van der Waals surface area contributed by atoms with E-state index in [0.717, 1.165) is 19.3 Å². The van der Waals surface area contributed by atoms with Crippen molar-refractivity contribution in [1.29, 1.82) is 0 Å². The van der Waals surface area contributed by atoms with Crippen molar-refractivity contribution in [3.63, 3.8) is 0 Å².